The molecule has 0 fully saturated rings. The van der Waals surface area contributed by atoms with Crippen LogP contribution in [0, 0.1) is 0 Å². The third-order valence-electron chi connectivity index (χ3n) is 5.02. The zero-order valence-electron chi connectivity index (χ0n) is 18.8. The molecule has 0 spiro atoms. The van der Waals surface area contributed by atoms with Gasteiger partial charge in [-0.05, 0) is 35.7 Å². The maximum atomic E-state index is 13.6. The number of nitrogen functional groups attached to an aromatic ring is 1. The maximum Gasteiger partial charge on any atom is 0.266 e. The number of benzene rings is 2. The van der Waals surface area contributed by atoms with Gasteiger partial charge in [-0.25, -0.2) is 4.98 Å². The van der Waals surface area contributed by atoms with Gasteiger partial charge in [0, 0.05) is 19.1 Å². The fourth-order valence-electron chi connectivity index (χ4n) is 3.45. The van der Waals surface area contributed by atoms with Crippen LogP contribution in [-0.4, -0.2) is 38.6 Å². The molecule has 2 heterocycles. The van der Waals surface area contributed by atoms with Gasteiger partial charge in [0.05, 0.1) is 22.3 Å². The zero-order valence-corrected chi connectivity index (χ0v) is 20.4. The number of hydrogen-bond acceptors (Lipinski definition) is 8. The third kappa shape index (κ3) is 4.79. The summed E-state index contributed by atoms with van der Waals surface area (Å²) in [7, 11) is 3.67. The highest BCUT2D eigenvalue weighted by atomic mass is 35.5. The van der Waals surface area contributed by atoms with Crippen LogP contribution in [0.2, 0.25) is 5.02 Å². The lowest BCUT2D eigenvalue weighted by atomic mass is 10.0. The SMILES string of the molecule is CC(C)c1ccccc1-n1c(SCc2nc(N)nc(N(C)C)n2)nc2cc(Cl)ccc2c1=O. The van der Waals surface area contributed by atoms with Gasteiger partial charge in [0.15, 0.2) is 5.16 Å². The first-order chi connectivity index (χ1) is 15.7. The second-order valence-electron chi connectivity index (χ2n) is 8.00. The molecule has 0 bridgehead atoms. The minimum absolute atomic E-state index is 0.144. The minimum atomic E-state index is -0.156. The number of para-hydroxylation sites is 1. The quantitative estimate of drug-likeness (QED) is 0.321. The van der Waals surface area contributed by atoms with E-state index < -0.39 is 0 Å². The first-order valence-electron chi connectivity index (χ1n) is 10.4. The van der Waals surface area contributed by atoms with Crippen LogP contribution >= 0.6 is 23.4 Å². The van der Waals surface area contributed by atoms with E-state index in [0.717, 1.165) is 11.3 Å². The smallest absolute Gasteiger partial charge is 0.266 e. The molecule has 2 aromatic carbocycles. The number of nitrogens with two attached hydrogens (primary N) is 1. The monoisotopic (exact) mass is 481 g/mol. The van der Waals surface area contributed by atoms with Gasteiger partial charge in [-0.3, -0.25) is 9.36 Å². The minimum Gasteiger partial charge on any atom is -0.368 e. The first-order valence-corrected chi connectivity index (χ1v) is 11.7. The summed E-state index contributed by atoms with van der Waals surface area (Å²) in [5, 5.41) is 1.54. The number of fused-ring (bicyclic) bond motifs is 1. The zero-order chi connectivity index (χ0) is 23.7. The molecule has 0 radical (unpaired) electrons. The summed E-state index contributed by atoms with van der Waals surface area (Å²) < 4.78 is 1.66. The topological polar surface area (TPSA) is 103 Å². The Morgan fingerprint density at radius 2 is 1.85 bits per heavy atom. The van der Waals surface area contributed by atoms with Gasteiger partial charge in [-0.2, -0.15) is 15.0 Å². The molecule has 170 valence electrons. The molecule has 0 aliphatic rings. The molecule has 2 N–H and O–H groups in total. The standard InChI is InChI=1S/C23H24ClN7OS/c1-13(2)15-7-5-6-8-18(15)31-20(32)16-10-9-14(24)11-17(16)26-23(31)33-12-19-27-21(25)29-22(28-19)30(3)4/h5-11,13H,12H2,1-4H3,(H2,25,27,28,29). The van der Waals surface area contributed by atoms with E-state index in [1.54, 1.807) is 27.7 Å². The van der Waals surface area contributed by atoms with Crippen molar-refractivity contribution in [3.05, 3.63) is 69.2 Å². The van der Waals surface area contributed by atoms with E-state index >= 15 is 0 Å². The molecule has 0 unspecified atom stereocenters. The van der Waals surface area contributed by atoms with E-state index in [4.69, 9.17) is 22.3 Å². The molecule has 0 atom stereocenters. The molecule has 0 aliphatic carbocycles. The molecule has 10 heteroatoms. The number of nitrogens with zero attached hydrogens (tertiary/aromatic N) is 6. The van der Waals surface area contributed by atoms with E-state index in [1.807, 2.05) is 38.4 Å². The number of hydrogen-bond donors (Lipinski definition) is 1. The summed E-state index contributed by atoms with van der Waals surface area (Å²) in [4.78, 5) is 33.0. The van der Waals surface area contributed by atoms with Gasteiger partial charge in [0.25, 0.3) is 5.56 Å². The lowest BCUT2D eigenvalue weighted by Gasteiger charge is -2.18. The van der Waals surface area contributed by atoms with Crippen molar-refractivity contribution in [1.29, 1.82) is 0 Å². The molecule has 8 nitrogen and oxygen atoms in total. The Hall–Kier alpha value is -3.17. The van der Waals surface area contributed by atoms with Crippen molar-refractivity contribution in [3.63, 3.8) is 0 Å². The van der Waals surface area contributed by atoms with Crippen molar-refractivity contribution in [2.45, 2.75) is 30.7 Å². The van der Waals surface area contributed by atoms with Crippen LogP contribution in [0.3, 0.4) is 0 Å². The van der Waals surface area contributed by atoms with E-state index in [-0.39, 0.29) is 17.4 Å². The lowest BCUT2D eigenvalue weighted by Crippen LogP contribution is -2.23. The van der Waals surface area contributed by atoms with Crippen molar-refractivity contribution in [2.24, 2.45) is 0 Å². The number of rotatable bonds is 6. The number of anilines is 2. The predicted octanol–water partition coefficient (Wildman–Crippen LogP) is 4.29. The Morgan fingerprint density at radius 3 is 2.58 bits per heavy atom. The van der Waals surface area contributed by atoms with Crippen LogP contribution in [0.25, 0.3) is 16.6 Å². The summed E-state index contributed by atoms with van der Waals surface area (Å²) in [6, 6.07) is 13.0. The summed E-state index contributed by atoms with van der Waals surface area (Å²) in [6.07, 6.45) is 0. The van der Waals surface area contributed by atoms with E-state index in [2.05, 4.69) is 28.8 Å². The second-order valence-corrected chi connectivity index (χ2v) is 9.38. The van der Waals surface area contributed by atoms with Gasteiger partial charge < -0.3 is 10.6 Å². The first kappa shape index (κ1) is 23.0. The molecule has 0 aliphatic heterocycles. The second kappa shape index (κ2) is 9.36. The Labute approximate surface area is 200 Å². The largest absolute Gasteiger partial charge is 0.368 e. The molecule has 4 rings (SSSR count). The molecule has 4 aromatic rings. The summed E-state index contributed by atoms with van der Waals surface area (Å²) in [5.74, 6) is 1.69. The summed E-state index contributed by atoms with van der Waals surface area (Å²) in [6.45, 7) is 4.20. The van der Waals surface area contributed by atoms with Crippen LogP contribution < -0.4 is 16.2 Å². The molecule has 2 aromatic heterocycles. The van der Waals surface area contributed by atoms with Gasteiger partial charge in [-0.1, -0.05) is 55.4 Å². The summed E-state index contributed by atoms with van der Waals surface area (Å²) >= 11 is 7.54. The Bertz CT molecular complexity index is 1390. The highest BCUT2D eigenvalue weighted by Gasteiger charge is 2.18. The van der Waals surface area contributed by atoms with Gasteiger partial charge >= 0.3 is 0 Å². The average Bonchev–Trinajstić information content (AvgIpc) is 2.77. The normalized spacial score (nSPS) is 11.3. The highest BCUT2D eigenvalue weighted by molar-refractivity contribution is 7.98. The Balaban J connectivity index is 1.87. The molecular weight excluding hydrogens is 458 g/mol. The van der Waals surface area contributed by atoms with Crippen molar-refractivity contribution in [3.8, 4) is 5.69 Å². The molecule has 0 amide bonds. The highest BCUT2D eigenvalue weighted by Crippen LogP contribution is 2.29. The van der Waals surface area contributed by atoms with Crippen LogP contribution in [0.1, 0.15) is 31.2 Å². The van der Waals surface area contributed by atoms with E-state index in [9.17, 15) is 4.79 Å². The van der Waals surface area contributed by atoms with Crippen molar-refractivity contribution in [2.75, 3.05) is 24.7 Å². The molecule has 33 heavy (non-hydrogen) atoms. The van der Waals surface area contributed by atoms with Crippen molar-refractivity contribution >= 4 is 46.2 Å². The number of halogens is 1. The number of thioether (sulfide) groups is 1. The molecule has 0 saturated heterocycles. The Morgan fingerprint density at radius 1 is 1.09 bits per heavy atom. The van der Waals surface area contributed by atoms with Crippen molar-refractivity contribution < 1.29 is 0 Å². The third-order valence-corrected chi connectivity index (χ3v) is 6.19. The number of aromatic nitrogens is 5. The van der Waals surface area contributed by atoms with E-state index in [0.29, 0.717) is 38.6 Å². The van der Waals surface area contributed by atoms with Crippen LogP contribution in [0.15, 0.2) is 52.4 Å². The fourth-order valence-corrected chi connectivity index (χ4v) is 4.47. The average molecular weight is 482 g/mol. The predicted molar refractivity (Wildman–Crippen MR) is 135 cm³/mol. The van der Waals surface area contributed by atoms with Gasteiger partial charge in [0.1, 0.15) is 5.82 Å². The summed E-state index contributed by atoms with van der Waals surface area (Å²) in [5.41, 5.74) is 8.11. The Kier molecular flexibility index (Phi) is 6.53. The lowest BCUT2D eigenvalue weighted by molar-refractivity contribution is 0.779. The fraction of sp³-hybridized carbons (Fsp3) is 0.261. The molecule has 0 saturated carbocycles. The van der Waals surface area contributed by atoms with Crippen LogP contribution in [0.5, 0.6) is 0 Å². The maximum absolute atomic E-state index is 13.6. The van der Waals surface area contributed by atoms with E-state index in [1.165, 1.54) is 11.8 Å². The van der Waals surface area contributed by atoms with Gasteiger partial charge in [-0.15, -0.1) is 0 Å². The molecular formula is C23H24ClN7OS. The van der Waals surface area contributed by atoms with Crippen molar-refractivity contribution in [1.82, 2.24) is 24.5 Å². The van der Waals surface area contributed by atoms with Gasteiger partial charge in [0.2, 0.25) is 11.9 Å². The van der Waals surface area contributed by atoms with Crippen LogP contribution in [-0.2, 0) is 5.75 Å². The van der Waals surface area contributed by atoms with Crippen LogP contribution in [0.4, 0.5) is 11.9 Å².